The van der Waals surface area contributed by atoms with Crippen LogP contribution in [0, 0.1) is 26.2 Å². The monoisotopic (exact) mass is 753 g/mol. The van der Waals surface area contributed by atoms with Gasteiger partial charge in [0.15, 0.2) is 0 Å². The summed E-state index contributed by atoms with van der Waals surface area (Å²) in [6.07, 6.45) is 22.7. The molecule has 2 aliphatic heterocycles. The second-order valence-corrected chi connectivity index (χ2v) is 14.0. The summed E-state index contributed by atoms with van der Waals surface area (Å²) >= 11 is 4.89. The summed E-state index contributed by atoms with van der Waals surface area (Å²) < 4.78 is 12.1. The fourth-order valence-electron chi connectivity index (χ4n) is 5.64. The van der Waals surface area contributed by atoms with Crippen molar-refractivity contribution in [3.05, 3.63) is 95.6 Å². The van der Waals surface area contributed by atoms with Gasteiger partial charge in [0, 0.05) is 80.3 Å². The number of unbranched alkanes of at least 4 members (excludes halogenated alkanes) is 1. The first-order valence-electron chi connectivity index (χ1n) is 18.6. The summed E-state index contributed by atoms with van der Waals surface area (Å²) in [5, 5.41) is 9.69. The smallest absolute Gasteiger partial charge is 0.246 e. The lowest BCUT2D eigenvalue weighted by molar-refractivity contribution is -0.125. The summed E-state index contributed by atoms with van der Waals surface area (Å²) in [6, 6.07) is 10.3. The zero-order valence-corrected chi connectivity index (χ0v) is 34.3. The number of amidine groups is 1. The summed E-state index contributed by atoms with van der Waals surface area (Å²) in [5.41, 5.74) is 4.80. The quantitative estimate of drug-likeness (QED) is 0.0714. The molecule has 1 unspecified atom stereocenters. The van der Waals surface area contributed by atoms with E-state index in [0.717, 1.165) is 70.4 Å². The number of anilines is 2. The Morgan fingerprint density at radius 2 is 1.89 bits per heavy atom. The van der Waals surface area contributed by atoms with Crippen LogP contribution >= 0.6 is 12.6 Å². The molecule has 1 atom stereocenters. The molecule has 2 aliphatic rings. The molecule has 290 valence electrons. The first-order chi connectivity index (χ1) is 26.0. The number of hydrazone groups is 1. The van der Waals surface area contributed by atoms with Crippen molar-refractivity contribution >= 4 is 42.0 Å². The minimum absolute atomic E-state index is 0.00813. The van der Waals surface area contributed by atoms with Gasteiger partial charge in [-0.3, -0.25) is 9.80 Å². The minimum Gasteiger partial charge on any atom is -0.495 e. The van der Waals surface area contributed by atoms with Gasteiger partial charge in [0.05, 0.1) is 19.3 Å². The Kier molecular flexibility index (Phi) is 18.5. The zero-order valence-electron chi connectivity index (χ0n) is 33.4. The van der Waals surface area contributed by atoms with Crippen molar-refractivity contribution in [2.75, 3.05) is 70.7 Å². The maximum atomic E-state index is 13.0. The SMILES string of the molecule is C#CCC.C/C=N\N1C=CC(Oc2ccc(NC(=N/C=C/CCC)c3cc(N4CCN(C(=O)/C=C/CN(C)C)CC(S)C4)c(OC)cc3C)cc2C)=CC1. The second kappa shape index (κ2) is 23.0. The number of ether oxygens (including phenoxy) is 2. The molecule has 0 spiro atoms. The van der Waals surface area contributed by atoms with Crippen molar-refractivity contribution in [2.45, 2.75) is 59.1 Å². The summed E-state index contributed by atoms with van der Waals surface area (Å²) in [4.78, 5) is 24.1. The van der Waals surface area contributed by atoms with E-state index in [9.17, 15) is 4.79 Å². The molecule has 54 heavy (non-hydrogen) atoms. The van der Waals surface area contributed by atoms with Crippen LogP contribution in [0.2, 0.25) is 0 Å². The molecule has 0 bridgehead atoms. The third kappa shape index (κ3) is 13.8. The summed E-state index contributed by atoms with van der Waals surface area (Å²) in [7, 11) is 5.66. The average Bonchev–Trinajstić information content (AvgIpc) is 3.36. The molecule has 0 saturated carbocycles. The van der Waals surface area contributed by atoms with E-state index < -0.39 is 0 Å². The van der Waals surface area contributed by atoms with Gasteiger partial charge in [0.2, 0.25) is 5.91 Å². The van der Waals surface area contributed by atoms with Gasteiger partial charge in [0.25, 0.3) is 0 Å². The Morgan fingerprint density at radius 1 is 1.11 bits per heavy atom. The Labute approximate surface area is 329 Å². The number of hydrogen-bond acceptors (Lipinski definition) is 9. The van der Waals surface area contributed by atoms with E-state index in [-0.39, 0.29) is 11.2 Å². The van der Waals surface area contributed by atoms with Gasteiger partial charge in [-0.05, 0) is 94.9 Å². The molecule has 0 aliphatic carbocycles. The molecular weight excluding hydrogens is 695 g/mol. The molecule has 2 aromatic rings. The number of amides is 1. The lowest BCUT2D eigenvalue weighted by Gasteiger charge is -2.27. The van der Waals surface area contributed by atoms with E-state index >= 15 is 0 Å². The molecule has 0 aromatic heterocycles. The summed E-state index contributed by atoms with van der Waals surface area (Å²) in [5.74, 6) is 5.50. The van der Waals surface area contributed by atoms with E-state index in [4.69, 9.17) is 33.5 Å². The highest BCUT2D eigenvalue weighted by Crippen LogP contribution is 2.34. The number of terminal acetylenes is 1. The Bertz CT molecular complexity index is 1760. The van der Waals surface area contributed by atoms with Crippen molar-refractivity contribution < 1.29 is 14.3 Å². The van der Waals surface area contributed by atoms with E-state index in [1.165, 1.54) is 0 Å². The number of nitrogens with zero attached hydrogens (tertiary/aromatic N) is 6. The average molecular weight is 754 g/mol. The van der Waals surface area contributed by atoms with Gasteiger partial charge in [-0.25, -0.2) is 4.99 Å². The number of methoxy groups -OCH3 is 1. The standard InChI is InChI=1S/C39H53N7O3S.C4H6/c1-8-10-11-18-40-39(42-31-14-15-36(30(4)24-31)49-32-16-20-46(21-17-32)41-9-2)34-26-35(37(48-7)25-29(34)3)44-22-23-45(28-33(50)27-44)38(47)13-12-19-43(5)6;1-3-4-2/h9,11-18,20,24-26,33,50H,8,10,19,21-23,27-28H2,1-7H3,(H,40,42);1H,4H2,2H3/b13-12+,18-11+,41-9-;. The molecule has 1 fully saturated rings. The highest BCUT2D eigenvalue weighted by atomic mass is 32.1. The number of nitrogens with one attached hydrogen (secondary N) is 1. The van der Waals surface area contributed by atoms with Gasteiger partial charge in [-0.1, -0.05) is 32.4 Å². The largest absolute Gasteiger partial charge is 0.495 e. The topological polar surface area (TPSA) is 85.2 Å². The number of allylic oxidation sites excluding steroid dienone is 2. The van der Waals surface area contributed by atoms with E-state index in [2.05, 4.69) is 59.4 Å². The van der Waals surface area contributed by atoms with Crippen molar-refractivity contribution in [3.8, 4) is 23.8 Å². The van der Waals surface area contributed by atoms with Gasteiger partial charge < -0.3 is 29.5 Å². The third-order valence-electron chi connectivity index (χ3n) is 8.45. The number of rotatable bonds is 13. The fourth-order valence-corrected chi connectivity index (χ4v) is 6.03. The normalized spacial score (nSPS) is 16.4. The minimum atomic E-state index is -0.0336. The van der Waals surface area contributed by atoms with Crippen LogP contribution in [0.5, 0.6) is 11.5 Å². The van der Waals surface area contributed by atoms with E-state index in [0.29, 0.717) is 39.3 Å². The molecule has 4 rings (SSSR count). The van der Waals surface area contributed by atoms with Crippen LogP contribution in [0.3, 0.4) is 0 Å². The number of thiol groups is 1. The third-order valence-corrected chi connectivity index (χ3v) is 8.78. The number of carbonyl (C=O) groups is 1. The molecule has 1 N–H and O–H groups in total. The van der Waals surface area contributed by atoms with Gasteiger partial charge >= 0.3 is 0 Å². The van der Waals surface area contributed by atoms with Crippen molar-refractivity contribution in [3.63, 3.8) is 0 Å². The Balaban J connectivity index is 0.00000186. The van der Waals surface area contributed by atoms with Crippen LogP contribution in [0.15, 0.2) is 89.0 Å². The molecular formula is C43H59N7O3S. The van der Waals surface area contributed by atoms with Gasteiger partial charge in [-0.15, -0.1) is 12.3 Å². The van der Waals surface area contributed by atoms with Crippen molar-refractivity contribution in [1.82, 2.24) is 14.8 Å². The highest BCUT2D eigenvalue weighted by Gasteiger charge is 2.26. The van der Waals surface area contributed by atoms with Gasteiger partial charge in [0.1, 0.15) is 23.1 Å². The number of aryl methyl sites for hydroxylation is 2. The van der Waals surface area contributed by atoms with E-state index in [1.54, 1.807) is 19.4 Å². The molecule has 2 heterocycles. The first-order valence-corrected chi connectivity index (χ1v) is 19.1. The lowest BCUT2D eigenvalue weighted by Crippen LogP contribution is -2.35. The molecule has 2 aromatic carbocycles. The summed E-state index contributed by atoms with van der Waals surface area (Å²) in [6.45, 7) is 13.9. The maximum Gasteiger partial charge on any atom is 0.246 e. The second-order valence-electron chi connectivity index (χ2n) is 13.2. The number of benzene rings is 2. The zero-order chi connectivity index (χ0) is 39.5. The predicted molar refractivity (Wildman–Crippen MR) is 230 cm³/mol. The van der Waals surface area contributed by atoms with Crippen LogP contribution < -0.4 is 19.7 Å². The first kappa shape index (κ1) is 43.5. The number of carbonyl (C=O) groups excluding carboxylic acids is 1. The number of hydrogen-bond donors (Lipinski definition) is 2. The fraction of sp³-hybridized carbons (Fsp3) is 0.419. The lowest BCUT2D eigenvalue weighted by atomic mass is 10.0. The van der Waals surface area contributed by atoms with Crippen molar-refractivity contribution in [1.29, 1.82) is 0 Å². The number of likely N-dealkylation sites (N-methyl/N-ethyl adjacent to an activating group) is 1. The molecule has 10 nitrogen and oxygen atoms in total. The van der Waals surface area contributed by atoms with Crippen molar-refractivity contribution in [2.24, 2.45) is 10.1 Å². The molecule has 1 amide bonds. The Hall–Kier alpha value is -4.92. The molecule has 1 saturated heterocycles. The molecule has 0 radical (unpaired) electrons. The van der Waals surface area contributed by atoms with Crippen LogP contribution in [0.4, 0.5) is 11.4 Å². The van der Waals surface area contributed by atoms with Crippen LogP contribution in [0.1, 0.15) is 56.7 Å². The number of aliphatic imine (C=N–C) groups is 1. The van der Waals surface area contributed by atoms with Crippen LogP contribution in [-0.4, -0.2) is 98.5 Å². The Morgan fingerprint density at radius 3 is 2.52 bits per heavy atom. The predicted octanol–water partition coefficient (Wildman–Crippen LogP) is 7.68. The molecule has 11 heteroatoms. The van der Waals surface area contributed by atoms with Gasteiger partial charge in [-0.2, -0.15) is 17.7 Å². The maximum absolute atomic E-state index is 13.0. The van der Waals surface area contributed by atoms with Crippen LogP contribution in [-0.2, 0) is 4.79 Å². The van der Waals surface area contributed by atoms with Crippen LogP contribution in [0.25, 0.3) is 0 Å². The highest BCUT2D eigenvalue weighted by molar-refractivity contribution is 7.81. The van der Waals surface area contributed by atoms with E-state index in [1.807, 2.05) is 92.4 Å².